The molecule has 3 amide bonds. The molecule has 0 radical (unpaired) electrons. The topological polar surface area (TPSA) is 99.6 Å². The summed E-state index contributed by atoms with van der Waals surface area (Å²) >= 11 is 0. The van der Waals surface area contributed by atoms with Crippen LogP contribution in [0.3, 0.4) is 0 Å². The highest BCUT2D eigenvalue weighted by Gasteiger charge is 2.28. The molecule has 0 unspecified atom stereocenters. The van der Waals surface area contributed by atoms with Crippen LogP contribution >= 0.6 is 0 Å². The van der Waals surface area contributed by atoms with Crippen LogP contribution < -0.4 is 5.32 Å². The fourth-order valence-electron chi connectivity index (χ4n) is 1.48. The van der Waals surface area contributed by atoms with Gasteiger partial charge in [0, 0.05) is 6.20 Å². The van der Waals surface area contributed by atoms with Crippen LogP contribution in [0.4, 0.5) is 4.79 Å². The first-order chi connectivity index (χ1) is 8.08. The van der Waals surface area contributed by atoms with Gasteiger partial charge in [-0.1, -0.05) is 0 Å². The lowest BCUT2D eigenvalue weighted by atomic mass is 10.2. The van der Waals surface area contributed by atoms with Gasteiger partial charge < -0.3 is 10.4 Å². The maximum Gasteiger partial charge on any atom is 0.335 e. The number of carbonyl (C=O) groups is 3. The molecule has 2 heterocycles. The number of nitrogens with one attached hydrogen (secondary N) is 1. The van der Waals surface area contributed by atoms with Crippen molar-refractivity contribution in [1.82, 2.24) is 15.2 Å². The number of amides is 3. The number of carboxylic acid groups (broad SMARTS) is 1. The molecule has 2 N–H and O–H groups in total. The van der Waals surface area contributed by atoms with Gasteiger partial charge in [-0.05, 0) is 12.1 Å². The van der Waals surface area contributed by atoms with E-state index in [-0.39, 0.29) is 24.6 Å². The Kier molecular flexibility index (Phi) is 2.73. The van der Waals surface area contributed by atoms with Crippen molar-refractivity contribution < 1.29 is 19.5 Å². The molecule has 1 saturated heterocycles. The second-order valence-electron chi connectivity index (χ2n) is 3.48. The quantitative estimate of drug-likeness (QED) is 0.708. The third-order valence-corrected chi connectivity index (χ3v) is 2.32. The van der Waals surface area contributed by atoms with Crippen molar-refractivity contribution in [3.8, 4) is 0 Å². The first kappa shape index (κ1) is 11.1. The van der Waals surface area contributed by atoms with Gasteiger partial charge in [0.25, 0.3) is 0 Å². The summed E-state index contributed by atoms with van der Waals surface area (Å²) in [7, 11) is 0. The molecule has 17 heavy (non-hydrogen) atoms. The number of carbonyl (C=O) groups excluding carboxylic acids is 2. The lowest BCUT2D eigenvalue weighted by Gasteiger charge is -2.11. The third-order valence-electron chi connectivity index (χ3n) is 2.32. The number of carboxylic acids is 1. The van der Waals surface area contributed by atoms with Gasteiger partial charge in [-0.2, -0.15) is 0 Å². The lowest BCUT2D eigenvalue weighted by molar-refractivity contribution is -0.125. The third kappa shape index (κ3) is 2.22. The van der Waals surface area contributed by atoms with Crippen LogP contribution in [-0.2, 0) is 11.3 Å². The Morgan fingerprint density at radius 3 is 2.88 bits per heavy atom. The van der Waals surface area contributed by atoms with Gasteiger partial charge in [-0.3, -0.25) is 14.7 Å². The molecule has 0 aromatic carbocycles. The van der Waals surface area contributed by atoms with E-state index in [4.69, 9.17) is 5.11 Å². The zero-order valence-corrected chi connectivity index (χ0v) is 8.71. The Balaban J connectivity index is 2.18. The van der Waals surface area contributed by atoms with Gasteiger partial charge in [0.15, 0.2) is 0 Å². The van der Waals surface area contributed by atoms with Crippen LogP contribution in [0.1, 0.15) is 16.1 Å². The first-order valence-corrected chi connectivity index (χ1v) is 4.84. The second kappa shape index (κ2) is 4.20. The Morgan fingerprint density at radius 2 is 2.29 bits per heavy atom. The minimum Gasteiger partial charge on any atom is -0.478 e. The fraction of sp³-hybridized carbons (Fsp3) is 0.200. The molecular weight excluding hydrogens is 226 g/mol. The van der Waals surface area contributed by atoms with Gasteiger partial charge in [0.05, 0.1) is 24.3 Å². The van der Waals surface area contributed by atoms with E-state index in [1.807, 2.05) is 0 Å². The van der Waals surface area contributed by atoms with Crippen molar-refractivity contribution in [2.75, 3.05) is 6.54 Å². The summed E-state index contributed by atoms with van der Waals surface area (Å²) in [6.45, 7) is -0.0523. The first-order valence-electron chi connectivity index (χ1n) is 4.84. The van der Waals surface area contributed by atoms with E-state index in [0.717, 1.165) is 4.90 Å². The number of aromatic carboxylic acids is 1. The Bertz CT molecular complexity index is 484. The van der Waals surface area contributed by atoms with Gasteiger partial charge >= 0.3 is 12.0 Å². The molecule has 1 aromatic heterocycles. The molecular formula is C10H9N3O4. The van der Waals surface area contributed by atoms with Crippen LogP contribution in [0.25, 0.3) is 0 Å². The summed E-state index contributed by atoms with van der Waals surface area (Å²) in [6, 6.07) is 2.19. The summed E-state index contributed by atoms with van der Waals surface area (Å²) < 4.78 is 0. The summed E-state index contributed by atoms with van der Waals surface area (Å²) in [5.74, 6) is -1.43. The lowest BCUT2D eigenvalue weighted by Crippen LogP contribution is -2.30. The smallest absolute Gasteiger partial charge is 0.335 e. The van der Waals surface area contributed by atoms with Gasteiger partial charge in [-0.25, -0.2) is 9.59 Å². The van der Waals surface area contributed by atoms with E-state index in [1.54, 1.807) is 0 Å². The van der Waals surface area contributed by atoms with E-state index < -0.39 is 12.0 Å². The summed E-state index contributed by atoms with van der Waals surface area (Å²) in [5, 5.41) is 11.2. The Hall–Kier alpha value is -2.44. The second-order valence-corrected chi connectivity index (χ2v) is 3.48. The highest BCUT2D eigenvalue weighted by Crippen LogP contribution is 2.08. The van der Waals surface area contributed by atoms with Crippen molar-refractivity contribution in [2.45, 2.75) is 6.54 Å². The predicted octanol–water partition coefficient (Wildman–Crippen LogP) is -0.168. The molecule has 1 aliphatic heterocycles. The number of hydrogen-bond acceptors (Lipinski definition) is 4. The van der Waals surface area contributed by atoms with Crippen LogP contribution in [-0.4, -0.2) is 39.4 Å². The summed E-state index contributed by atoms with van der Waals surface area (Å²) in [6.07, 6.45) is 1.33. The van der Waals surface area contributed by atoms with E-state index >= 15 is 0 Å². The highest BCUT2D eigenvalue weighted by molar-refractivity contribution is 6.01. The SMILES string of the molecule is O=C(O)c1ccnc(CN2C(=O)CNC2=O)c1. The zero-order chi connectivity index (χ0) is 12.4. The molecule has 0 aliphatic carbocycles. The molecule has 2 rings (SSSR count). The van der Waals surface area contributed by atoms with Crippen molar-refractivity contribution in [3.63, 3.8) is 0 Å². The van der Waals surface area contributed by atoms with Crippen molar-refractivity contribution in [1.29, 1.82) is 0 Å². The molecule has 7 nitrogen and oxygen atoms in total. The van der Waals surface area contributed by atoms with Crippen LogP contribution in [0.2, 0.25) is 0 Å². The normalized spacial score (nSPS) is 14.9. The maximum atomic E-state index is 11.3. The number of urea groups is 1. The molecule has 88 valence electrons. The molecule has 1 aromatic rings. The van der Waals surface area contributed by atoms with Gasteiger partial charge in [0.1, 0.15) is 0 Å². The van der Waals surface area contributed by atoms with Crippen molar-refractivity contribution in [3.05, 3.63) is 29.6 Å². The molecule has 1 aliphatic rings. The number of imide groups is 1. The van der Waals surface area contributed by atoms with Crippen LogP contribution in [0.15, 0.2) is 18.3 Å². The minimum absolute atomic E-state index is 0.0220. The monoisotopic (exact) mass is 235 g/mol. The van der Waals surface area contributed by atoms with E-state index in [0.29, 0.717) is 5.69 Å². The van der Waals surface area contributed by atoms with Crippen molar-refractivity contribution in [2.24, 2.45) is 0 Å². The van der Waals surface area contributed by atoms with Crippen LogP contribution in [0.5, 0.6) is 0 Å². The molecule has 0 spiro atoms. The Morgan fingerprint density at radius 1 is 1.53 bits per heavy atom. The molecule has 0 bridgehead atoms. The fourth-order valence-corrected chi connectivity index (χ4v) is 1.48. The average molecular weight is 235 g/mol. The molecule has 7 heteroatoms. The van der Waals surface area contributed by atoms with Gasteiger partial charge in [-0.15, -0.1) is 0 Å². The number of aromatic nitrogens is 1. The summed E-state index contributed by atoms with van der Waals surface area (Å²) in [5.41, 5.74) is 0.428. The number of hydrogen-bond donors (Lipinski definition) is 2. The number of nitrogens with zero attached hydrogens (tertiary/aromatic N) is 2. The summed E-state index contributed by atoms with van der Waals surface area (Å²) in [4.78, 5) is 38.2. The standard InChI is InChI=1S/C10H9N3O4/c14-8-4-12-10(17)13(8)5-7-3-6(9(15)16)1-2-11-7/h1-3H,4-5H2,(H,12,17)(H,15,16). The molecule has 1 fully saturated rings. The predicted molar refractivity (Wildman–Crippen MR) is 55.1 cm³/mol. The van der Waals surface area contributed by atoms with Crippen LogP contribution in [0, 0.1) is 0 Å². The largest absolute Gasteiger partial charge is 0.478 e. The highest BCUT2D eigenvalue weighted by atomic mass is 16.4. The number of pyridine rings is 1. The molecule has 0 atom stereocenters. The Labute approximate surface area is 96.1 Å². The zero-order valence-electron chi connectivity index (χ0n) is 8.71. The van der Waals surface area contributed by atoms with E-state index in [1.165, 1.54) is 18.3 Å². The van der Waals surface area contributed by atoms with E-state index in [2.05, 4.69) is 10.3 Å². The maximum absolute atomic E-state index is 11.3. The number of rotatable bonds is 3. The van der Waals surface area contributed by atoms with E-state index in [9.17, 15) is 14.4 Å². The van der Waals surface area contributed by atoms with Crippen molar-refractivity contribution >= 4 is 17.9 Å². The average Bonchev–Trinajstić information content (AvgIpc) is 2.61. The minimum atomic E-state index is -1.08. The van der Waals surface area contributed by atoms with Gasteiger partial charge in [0.2, 0.25) is 5.91 Å². The molecule has 0 saturated carbocycles.